The minimum Gasteiger partial charge on any atom is -0.383 e. The van der Waals surface area contributed by atoms with Crippen LogP contribution in [0.3, 0.4) is 0 Å². The van der Waals surface area contributed by atoms with Crippen LogP contribution in [0.4, 0.5) is 11.8 Å². The predicted molar refractivity (Wildman–Crippen MR) is 138 cm³/mol. The first-order valence-corrected chi connectivity index (χ1v) is 12.4. The molecule has 0 saturated carbocycles. The van der Waals surface area contributed by atoms with Gasteiger partial charge in [-0.2, -0.15) is 4.98 Å². The van der Waals surface area contributed by atoms with E-state index in [4.69, 9.17) is 9.97 Å². The highest BCUT2D eigenvalue weighted by Crippen LogP contribution is 2.33. The van der Waals surface area contributed by atoms with Gasteiger partial charge in [0.1, 0.15) is 13.1 Å². The molecule has 0 atom stereocenters. The van der Waals surface area contributed by atoms with Gasteiger partial charge in [0.05, 0.1) is 5.52 Å². The van der Waals surface area contributed by atoms with Crippen molar-refractivity contribution in [1.29, 1.82) is 0 Å². The number of anilines is 2. The van der Waals surface area contributed by atoms with Crippen LogP contribution < -0.4 is 15.5 Å². The quantitative estimate of drug-likeness (QED) is 0.543. The van der Waals surface area contributed by atoms with Gasteiger partial charge >= 0.3 is 0 Å². The number of thioether (sulfide) groups is 1. The van der Waals surface area contributed by atoms with E-state index in [1.54, 1.807) is 0 Å². The molecule has 1 fully saturated rings. The van der Waals surface area contributed by atoms with Crippen molar-refractivity contribution < 1.29 is 0 Å². The van der Waals surface area contributed by atoms with Crippen LogP contribution in [0.15, 0.2) is 59.6 Å². The Kier molecular flexibility index (Phi) is 5.76. The van der Waals surface area contributed by atoms with Gasteiger partial charge in [0.15, 0.2) is 0 Å². The van der Waals surface area contributed by atoms with Gasteiger partial charge in [-0.15, -0.1) is 11.8 Å². The molecule has 0 bridgehead atoms. The molecule has 2 N–H and O–H groups in total. The number of aryl methyl sites for hydroxylation is 1. The van der Waals surface area contributed by atoms with E-state index in [1.165, 1.54) is 23.3 Å². The van der Waals surface area contributed by atoms with Crippen LogP contribution in [0.5, 0.6) is 0 Å². The molecule has 164 valence electrons. The standard InChI is InChI=1S/C25H30BN5S/c1-17(2)30-25(14-26-15-25)16-27-23-20-12-18(3)8-9-21(20)28-24(29-23)31-10-11-32-22-7-5-4-6-19(22)13-31/h4-9,12,26,30H,1,10-11,13-16H2,2-3H3,(H,27,28,29). The molecule has 1 aromatic heterocycles. The summed E-state index contributed by atoms with van der Waals surface area (Å²) in [7, 11) is 1.25. The molecule has 0 aliphatic carbocycles. The second-order valence-electron chi connectivity index (χ2n) is 9.16. The maximum absolute atomic E-state index is 5.07. The number of allylic oxidation sites excluding steroid dienone is 1. The fraction of sp³-hybridized carbons (Fsp3) is 0.360. The van der Waals surface area contributed by atoms with E-state index in [9.17, 15) is 0 Å². The first kappa shape index (κ1) is 21.2. The Morgan fingerprint density at radius 2 is 2.06 bits per heavy atom. The lowest BCUT2D eigenvalue weighted by atomic mass is 9.46. The molecule has 0 radical (unpaired) electrons. The Balaban J connectivity index is 1.48. The number of hydrogen-bond donors (Lipinski definition) is 2. The lowest BCUT2D eigenvalue weighted by Crippen LogP contribution is -2.56. The Morgan fingerprint density at radius 3 is 2.84 bits per heavy atom. The highest BCUT2D eigenvalue weighted by molar-refractivity contribution is 7.99. The Morgan fingerprint density at radius 1 is 1.22 bits per heavy atom. The van der Waals surface area contributed by atoms with Crippen LogP contribution in [-0.4, -0.2) is 41.6 Å². The van der Waals surface area contributed by atoms with Crippen molar-refractivity contribution >= 4 is 41.7 Å². The number of nitrogens with one attached hydrogen (secondary N) is 2. The lowest BCUT2D eigenvalue weighted by Gasteiger charge is -2.43. The molecule has 2 aromatic carbocycles. The topological polar surface area (TPSA) is 53.1 Å². The zero-order valence-corrected chi connectivity index (χ0v) is 19.8. The van der Waals surface area contributed by atoms with Gasteiger partial charge in [0.2, 0.25) is 5.95 Å². The zero-order chi connectivity index (χ0) is 22.1. The summed E-state index contributed by atoms with van der Waals surface area (Å²) in [5.74, 6) is 2.76. The predicted octanol–water partition coefficient (Wildman–Crippen LogP) is 4.61. The van der Waals surface area contributed by atoms with Gasteiger partial charge < -0.3 is 15.5 Å². The maximum atomic E-state index is 5.07. The molecular weight excluding hydrogens is 413 g/mol. The highest BCUT2D eigenvalue weighted by atomic mass is 32.2. The van der Waals surface area contributed by atoms with Crippen LogP contribution in [0, 0.1) is 6.92 Å². The molecule has 0 amide bonds. The minimum absolute atomic E-state index is 0.0747. The van der Waals surface area contributed by atoms with Crippen molar-refractivity contribution in [2.24, 2.45) is 0 Å². The van der Waals surface area contributed by atoms with Crippen LogP contribution in [-0.2, 0) is 6.54 Å². The van der Waals surface area contributed by atoms with E-state index in [2.05, 4.69) is 71.5 Å². The molecule has 32 heavy (non-hydrogen) atoms. The number of rotatable bonds is 6. The molecule has 2 aliphatic rings. The third-order valence-electron chi connectivity index (χ3n) is 6.46. The lowest BCUT2D eigenvalue weighted by molar-refractivity contribution is 0.415. The monoisotopic (exact) mass is 443 g/mol. The number of fused-ring (bicyclic) bond motifs is 2. The van der Waals surface area contributed by atoms with Gasteiger partial charge in [-0.25, -0.2) is 4.98 Å². The van der Waals surface area contributed by atoms with Crippen molar-refractivity contribution in [2.45, 2.75) is 43.5 Å². The zero-order valence-electron chi connectivity index (χ0n) is 18.9. The average Bonchev–Trinajstić information content (AvgIpc) is 2.97. The van der Waals surface area contributed by atoms with Gasteiger partial charge in [0.25, 0.3) is 0 Å². The molecular formula is C25H30BN5S. The van der Waals surface area contributed by atoms with E-state index in [1.807, 2.05) is 18.7 Å². The van der Waals surface area contributed by atoms with Crippen molar-refractivity contribution in [1.82, 2.24) is 15.3 Å². The molecule has 3 heterocycles. The van der Waals surface area contributed by atoms with Crippen molar-refractivity contribution in [2.75, 3.05) is 29.1 Å². The van der Waals surface area contributed by atoms with E-state index >= 15 is 0 Å². The van der Waals surface area contributed by atoms with Gasteiger partial charge in [-0.3, -0.25) is 0 Å². The SMILES string of the molecule is C=C(C)NC1(CNc2nc(N3CCSc4ccccc4C3)nc3ccc(C)cc23)CBC1. The summed E-state index contributed by atoms with van der Waals surface area (Å²) in [6.07, 6.45) is 2.31. The smallest absolute Gasteiger partial charge is 0.228 e. The second-order valence-corrected chi connectivity index (χ2v) is 10.3. The molecule has 2 aliphatic heterocycles. The average molecular weight is 443 g/mol. The van der Waals surface area contributed by atoms with Gasteiger partial charge in [-0.05, 0) is 37.6 Å². The Labute approximate surface area is 195 Å². The van der Waals surface area contributed by atoms with Crippen LogP contribution in [0.1, 0.15) is 18.1 Å². The fourth-order valence-corrected chi connectivity index (χ4v) is 5.68. The Hall–Kier alpha value is -2.67. The Bertz CT molecular complexity index is 1160. The molecule has 5 nitrogen and oxygen atoms in total. The summed E-state index contributed by atoms with van der Waals surface area (Å²) in [6.45, 7) is 10.8. The van der Waals surface area contributed by atoms with E-state index in [0.29, 0.717) is 0 Å². The van der Waals surface area contributed by atoms with Gasteiger partial charge in [0, 0.05) is 46.9 Å². The maximum Gasteiger partial charge on any atom is 0.228 e. The second kappa shape index (κ2) is 8.70. The number of hydrogen-bond acceptors (Lipinski definition) is 6. The number of nitrogens with zero attached hydrogens (tertiary/aromatic N) is 3. The number of aromatic nitrogens is 2. The molecule has 0 spiro atoms. The summed E-state index contributed by atoms with van der Waals surface area (Å²) in [5.41, 5.74) is 4.65. The summed E-state index contributed by atoms with van der Waals surface area (Å²) < 4.78 is 0. The van der Waals surface area contributed by atoms with E-state index in [0.717, 1.165) is 66.4 Å². The molecule has 0 unspecified atom stereocenters. The summed E-state index contributed by atoms with van der Waals surface area (Å²) in [5, 5.41) is 8.38. The first-order valence-electron chi connectivity index (χ1n) is 11.4. The summed E-state index contributed by atoms with van der Waals surface area (Å²) in [6, 6.07) is 15.1. The van der Waals surface area contributed by atoms with Crippen LogP contribution in [0.2, 0.25) is 12.6 Å². The largest absolute Gasteiger partial charge is 0.383 e. The molecule has 7 heteroatoms. The minimum atomic E-state index is 0.0747. The van der Waals surface area contributed by atoms with Crippen LogP contribution >= 0.6 is 11.8 Å². The summed E-state index contributed by atoms with van der Waals surface area (Å²) in [4.78, 5) is 13.7. The highest BCUT2D eigenvalue weighted by Gasteiger charge is 2.37. The molecule has 5 rings (SSSR count). The van der Waals surface area contributed by atoms with Gasteiger partial charge in [-0.1, -0.05) is 49.0 Å². The van der Waals surface area contributed by atoms with E-state index < -0.39 is 0 Å². The van der Waals surface area contributed by atoms with E-state index in [-0.39, 0.29) is 5.54 Å². The third kappa shape index (κ3) is 4.31. The normalized spacial score (nSPS) is 17.0. The summed E-state index contributed by atoms with van der Waals surface area (Å²) >= 11 is 1.92. The first-order chi connectivity index (χ1) is 15.5. The fourth-order valence-electron chi connectivity index (χ4n) is 4.66. The van der Waals surface area contributed by atoms with Crippen molar-refractivity contribution in [3.05, 3.63) is 65.9 Å². The third-order valence-corrected chi connectivity index (χ3v) is 7.55. The number of benzene rings is 2. The van der Waals surface area contributed by atoms with Crippen molar-refractivity contribution in [3.8, 4) is 0 Å². The van der Waals surface area contributed by atoms with Crippen molar-refractivity contribution in [3.63, 3.8) is 0 Å². The van der Waals surface area contributed by atoms with Crippen LogP contribution in [0.25, 0.3) is 10.9 Å². The molecule has 3 aromatic rings. The molecule has 1 saturated heterocycles.